The summed E-state index contributed by atoms with van der Waals surface area (Å²) in [6.45, 7) is 0.419. The number of amides is 3. The molecule has 2 heterocycles. The highest BCUT2D eigenvalue weighted by Gasteiger charge is 2.39. The second-order valence-corrected chi connectivity index (χ2v) is 8.10. The quantitative estimate of drug-likeness (QED) is 0.768. The summed E-state index contributed by atoms with van der Waals surface area (Å²) in [6.07, 6.45) is 5.49. The largest absolute Gasteiger partial charge is 0.370 e. The van der Waals surface area contributed by atoms with E-state index in [0.717, 1.165) is 17.7 Å². The number of piperidine rings is 1. The zero-order valence-corrected chi connectivity index (χ0v) is 16.5. The molecule has 3 atom stereocenters. The number of hydrogen-bond donors (Lipinski definition) is 2. The predicted molar refractivity (Wildman–Crippen MR) is 106 cm³/mol. The van der Waals surface area contributed by atoms with Crippen LogP contribution in [0.4, 0.5) is 5.69 Å². The lowest BCUT2D eigenvalue weighted by Crippen LogP contribution is -2.52. The van der Waals surface area contributed by atoms with Gasteiger partial charge in [0.2, 0.25) is 11.8 Å². The Morgan fingerprint density at radius 3 is 2.68 bits per heavy atom. The van der Waals surface area contributed by atoms with Crippen LogP contribution in [0.15, 0.2) is 18.2 Å². The molecule has 1 aromatic carbocycles. The molecule has 1 saturated carbocycles. The molecule has 150 valence electrons. The van der Waals surface area contributed by atoms with E-state index in [2.05, 4.69) is 28.6 Å². The van der Waals surface area contributed by atoms with Gasteiger partial charge in [-0.25, -0.2) is 0 Å². The van der Waals surface area contributed by atoms with E-state index in [1.54, 1.807) is 4.90 Å². The van der Waals surface area contributed by atoms with Crippen LogP contribution in [0.5, 0.6) is 0 Å². The van der Waals surface area contributed by atoms with E-state index < -0.39 is 6.04 Å². The van der Waals surface area contributed by atoms with Gasteiger partial charge in [0.1, 0.15) is 6.04 Å². The van der Waals surface area contributed by atoms with Crippen LogP contribution < -0.4 is 15.5 Å². The van der Waals surface area contributed by atoms with Crippen LogP contribution in [0.3, 0.4) is 0 Å². The van der Waals surface area contributed by atoms with Crippen LogP contribution in [0.2, 0.25) is 0 Å². The summed E-state index contributed by atoms with van der Waals surface area (Å²) in [5, 5.41) is 5.80. The van der Waals surface area contributed by atoms with E-state index in [4.69, 9.17) is 0 Å². The molecule has 7 nitrogen and oxygen atoms in total. The minimum Gasteiger partial charge on any atom is -0.370 e. The van der Waals surface area contributed by atoms with Gasteiger partial charge in [-0.2, -0.15) is 0 Å². The molecule has 1 saturated heterocycles. The highest BCUT2D eigenvalue weighted by Crippen LogP contribution is 2.32. The molecule has 0 spiro atoms. The first kappa shape index (κ1) is 18.9. The minimum absolute atomic E-state index is 0.121. The summed E-state index contributed by atoms with van der Waals surface area (Å²) in [6, 6.07) is 6.30. The van der Waals surface area contributed by atoms with E-state index in [9.17, 15) is 14.4 Å². The van der Waals surface area contributed by atoms with Crippen LogP contribution in [0.25, 0.3) is 0 Å². The zero-order chi connectivity index (χ0) is 19.8. The number of likely N-dealkylation sites (N-methyl/N-ethyl adjacent to an activating group) is 2. The van der Waals surface area contributed by atoms with Crippen molar-refractivity contribution >= 4 is 23.4 Å². The molecule has 4 rings (SSSR count). The van der Waals surface area contributed by atoms with Crippen molar-refractivity contribution in [2.45, 2.75) is 63.2 Å². The molecule has 0 radical (unpaired) electrons. The average Bonchev–Trinajstić information content (AvgIpc) is 3.03. The maximum atomic E-state index is 12.8. The number of hydrogen-bond acceptors (Lipinski definition) is 5. The van der Waals surface area contributed by atoms with Crippen molar-refractivity contribution in [2.24, 2.45) is 0 Å². The SMILES string of the molecule is CN[C@H]1CCCC[C@H]1N(C)c1ccc2c(c1)CN(C1CCC(=O)NC1=O)C2=O. The first-order valence-corrected chi connectivity index (χ1v) is 10.2. The summed E-state index contributed by atoms with van der Waals surface area (Å²) < 4.78 is 0. The molecule has 2 fully saturated rings. The fourth-order valence-electron chi connectivity index (χ4n) is 4.88. The van der Waals surface area contributed by atoms with Gasteiger partial charge in [0.25, 0.3) is 5.91 Å². The first-order chi connectivity index (χ1) is 13.5. The molecule has 1 unspecified atom stereocenters. The van der Waals surface area contributed by atoms with Crippen LogP contribution in [0, 0.1) is 0 Å². The van der Waals surface area contributed by atoms with Crippen molar-refractivity contribution < 1.29 is 14.4 Å². The fraction of sp³-hybridized carbons (Fsp3) is 0.571. The van der Waals surface area contributed by atoms with Gasteiger partial charge in [-0.15, -0.1) is 0 Å². The molecule has 2 aliphatic heterocycles. The smallest absolute Gasteiger partial charge is 0.255 e. The molecule has 7 heteroatoms. The summed E-state index contributed by atoms with van der Waals surface area (Å²) in [4.78, 5) is 40.4. The van der Waals surface area contributed by atoms with Crippen molar-refractivity contribution in [2.75, 3.05) is 19.0 Å². The van der Waals surface area contributed by atoms with E-state index in [1.165, 1.54) is 19.3 Å². The van der Waals surface area contributed by atoms with Gasteiger partial charge in [0.15, 0.2) is 0 Å². The number of benzene rings is 1. The number of carbonyl (C=O) groups excluding carboxylic acids is 3. The number of fused-ring (bicyclic) bond motifs is 1. The van der Waals surface area contributed by atoms with Crippen LogP contribution in [-0.4, -0.2) is 54.8 Å². The number of carbonyl (C=O) groups is 3. The van der Waals surface area contributed by atoms with E-state index >= 15 is 0 Å². The third-order valence-corrected chi connectivity index (χ3v) is 6.51. The lowest BCUT2D eigenvalue weighted by molar-refractivity contribution is -0.136. The number of rotatable bonds is 4. The lowest BCUT2D eigenvalue weighted by atomic mass is 9.89. The van der Waals surface area contributed by atoms with E-state index in [1.807, 2.05) is 19.2 Å². The van der Waals surface area contributed by atoms with Gasteiger partial charge < -0.3 is 15.1 Å². The summed E-state index contributed by atoms with van der Waals surface area (Å²) in [5.41, 5.74) is 2.72. The fourth-order valence-corrected chi connectivity index (χ4v) is 4.88. The van der Waals surface area contributed by atoms with Gasteiger partial charge in [0, 0.05) is 43.3 Å². The Balaban J connectivity index is 1.54. The second kappa shape index (κ2) is 7.54. The number of nitrogens with one attached hydrogen (secondary N) is 2. The first-order valence-electron chi connectivity index (χ1n) is 10.2. The van der Waals surface area contributed by atoms with Gasteiger partial charge in [-0.3, -0.25) is 19.7 Å². The number of nitrogens with zero attached hydrogens (tertiary/aromatic N) is 2. The molecular formula is C21H28N4O3. The van der Waals surface area contributed by atoms with Crippen LogP contribution in [-0.2, 0) is 16.1 Å². The highest BCUT2D eigenvalue weighted by molar-refractivity contribution is 6.05. The van der Waals surface area contributed by atoms with Crippen molar-refractivity contribution in [1.29, 1.82) is 0 Å². The highest BCUT2D eigenvalue weighted by atomic mass is 16.2. The Morgan fingerprint density at radius 1 is 1.14 bits per heavy atom. The third-order valence-electron chi connectivity index (χ3n) is 6.51. The molecule has 3 amide bonds. The van der Waals surface area contributed by atoms with Gasteiger partial charge in [-0.05, 0) is 50.1 Å². The van der Waals surface area contributed by atoms with Gasteiger partial charge >= 0.3 is 0 Å². The Bertz CT molecular complexity index is 809. The topological polar surface area (TPSA) is 81.8 Å². The lowest BCUT2D eigenvalue weighted by Gasteiger charge is -2.39. The van der Waals surface area contributed by atoms with Crippen molar-refractivity contribution in [3.8, 4) is 0 Å². The number of imide groups is 1. The number of anilines is 1. The predicted octanol–water partition coefficient (Wildman–Crippen LogP) is 1.41. The molecule has 0 aromatic heterocycles. The maximum Gasteiger partial charge on any atom is 0.255 e. The molecule has 1 aliphatic carbocycles. The van der Waals surface area contributed by atoms with Gasteiger partial charge in [-0.1, -0.05) is 12.8 Å². The van der Waals surface area contributed by atoms with Gasteiger partial charge in [0.05, 0.1) is 0 Å². The average molecular weight is 384 g/mol. The summed E-state index contributed by atoms with van der Waals surface area (Å²) >= 11 is 0. The monoisotopic (exact) mass is 384 g/mol. The normalized spacial score (nSPS) is 27.6. The molecule has 28 heavy (non-hydrogen) atoms. The Hall–Kier alpha value is -2.41. The molecule has 1 aromatic rings. The molecule has 2 N–H and O–H groups in total. The molecule has 0 bridgehead atoms. The van der Waals surface area contributed by atoms with E-state index in [0.29, 0.717) is 30.6 Å². The Kier molecular flexibility index (Phi) is 5.10. The van der Waals surface area contributed by atoms with Crippen molar-refractivity contribution in [1.82, 2.24) is 15.5 Å². The van der Waals surface area contributed by atoms with Crippen molar-refractivity contribution in [3.05, 3.63) is 29.3 Å². The third kappa shape index (κ3) is 3.28. The second-order valence-electron chi connectivity index (χ2n) is 8.10. The van der Waals surface area contributed by atoms with Crippen molar-refractivity contribution in [3.63, 3.8) is 0 Å². The van der Waals surface area contributed by atoms with E-state index in [-0.39, 0.29) is 24.1 Å². The van der Waals surface area contributed by atoms with Crippen LogP contribution >= 0.6 is 0 Å². The summed E-state index contributed by atoms with van der Waals surface area (Å²) in [5.74, 6) is -0.751. The maximum absolute atomic E-state index is 12.8. The molecule has 3 aliphatic rings. The molecular weight excluding hydrogens is 356 g/mol. The standard InChI is InChI=1S/C21H28N4O3/c1-22-16-5-3-4-6-17(16)24(2)14-7-8-15-13(11-14)12-25(21(15)28)18-9-10-19(26)23-20(18)27/h7-8,11,16-18,22H,3-6,9-10,12H2,1-2H3,(H,23,26,27)/t16-,17+,18?/m0/s1. The zero-order valence-electron chi connectivity index (χ0n) is 16.5. The summed E-state index contributed by atoms with van der Waals surface area (Å²) in [7, 11) is 4.15. The Morgan fingerprint density at radius 2 is 1.93 bits per heavy atom. The van der Waals surface area contributed by atoms with Crippen LogP contribution in [0.1, 0.15) is 54.4 Å². The minimum atomic E-state index is -0.564. The Labute approximate surface area is 165 Å².